The first-order valence-electron chi connectivity index (χ1n) is 3.97. The molecule has 9 heteroatoms. The van der Waals surface area contributed by atoms with Crippen molar-refractivity contribution in [3.05, 3.63) is 0 Å². The van der Waals surface area contributed by atoms with Crippen molar-refractivity contribution in [2.75, 3.05) is 0 Å². The van der Waals surface area contributed by atoms with Crippen LogP contribution in [0.15, 0.2) is 0 Å². The fourth-order valence-electron chi connectivity index (χ4n) is 0.797. The third-order valence-corrected chi connectivity index (χ3v) is 2.24. The topological polar surface area (TPSA) is 127 Å². The maximum absolute atomic E-state index is 10.4. The van der Waals surface area contributed by atoms with Crippen molar-refractivity contribution in [2.24, 2.45) is 11.5 Å². The van der Waals surface area contributed by atoms with Crippen LogP contribution < -0.4 is 11.5 Å². The molecule has 3 atom stereocenters. The molecule has 3 unspecified atom stereocenters. The minimum Gasteiger partial charge on any atom is -0.480 e. The van der Waals surface area contributed by atoms with Crippen molar-refractivity contribution in [1.82, 2.24) is 0 Å². The summed E-state index contributed by atoms with van der Waals surface area (Å²) in [6.07, 6.45) is 0.257. The highest BCUT2D eigenvalue weighted by Gasteiger charge is 2.23. The fraction of sp³-hybridized carbons (Fsp3) is 0.714. The van der Waals surface area contributed by atoms with Gasteiger partial charge in [-0.2, -0.15) is 0 Å². The molecule has 98 valence electrons. The predicted octanol–water partition coefficient (Wildman–Crippen LogP) is 0.0414. The number of carbonyl (C=O) groups is 2. The Balaban J connectivity index is -0.000000845. The smallest absolute Gasteiger partial charge is 0.322 e. The van der Waals surface area contributed by atoms with Gasteiger partial charge in [0.25, 0.3) is 0 Å². The predicted molar refractivity (Wildman–Crippen MR) is 64.6 cm³/mol. The molecule has 6 N–H and O–H groups in total. The van der Waals surface area contributed by atoms with Gasteiger partial charge in [-0.15, -0.1) is 36.4 Å². The highest BCUT2D eigenvalue weighted by molar-refractivity contribution is 6.22. The van der Waals surface area contributed by atoms with Crippen LogP contribution in [0.3, 0.4) is 0 Å². The summed E-state index contributed by atoms with van der Waals surface area (Å²) in [4.78, 5) is 20.7. The van der Waals surface area contributed by atoms with Crippen molar-refractivity contribution in [1.29, 1.82) is 0 Å². The van der Waals surface area contributed by atoms with Gasteiger partial charge in [0, 0.05) is 0 Å². The minimum absolute atomic E-state index is 0. The molecule has 0 bridgehead atoms. The zero-order valence-electron chi connectivity index (χ0n) is 8.21. The quantitative estimate of drug-likeness (QED) is 0.513. The molecule has 0 aliphatic heterocycles. The SMILES string of the molecule is Cl.Cl.NC(CCC(Cl)C(N)C(=O)O)C(=O)O. The molecule has 6 nitrogen and oxygen atoms in total. The monoisotopic (exact) mass is 296 g/mol. The van der Waals surface area contributed by atoms with Gasteiger partial charge in [-0.1, -0.05) is 0 Å². The molecule has 0 aromatic rings. The molecule has 0 aromatic carbocycles. The number of rotatable bonds is 6. The van der Waals surface area contributed by atoms with Crippen LogP contribution in [-0.4, -0.2) is 39.6 Å². The Bertz CT molecular complexity index is 230. The Morgan fingerprint density at radius 1 is 1.06 bits per heavy atom. The molecule has 0 radical (unpaired) electrons. The van der Waals surface area contributed by atoms with E-state index < -0.39 is 29.4 Å². The lowest BCUT2D eigenvalue weighted by Gasteiger charge is -2.14. The summed E-state index contributed by atoms with van der Waals surface area (Å²) in [5.74, 6) is -2.35. The first-order chi connectivity index (χ1) is 6.36. The number of carboxylic acids is 2. The van der Waals surface area contributed by atoms with E-state index in [-0.39, 0.29) is 37.7 Å². The van der Waals surface area contributed by atoms with E-state index >= 15 is 0 Å². The average Bonchev–Trinajstić information content (AvgIpc) is 2.11. The standard InChI is InChI=1S/C7H13ClN2O4.2ClH/c8-3(5(10)7(13)14)1-2-4(9)6(11)12;;/h3-5H,1-2,9-10H2,(H,11,12)(H,13,14);2*1H. The van der Waals surface area contributed by atoms with Crippen molar-refractivity contribution in [3.63, 3.8) is 0 Å². The Hall–Kier alpha value is -0.270. The molecule has 0 amide bonds. The van der Waals surface area contributed by atoms with Crippen LogP contribution in [0.4, 0.5) is 0 Å². The van der Waals surface area contributed by atoms with Crippen LogP contribution in [0.5, 0.6) is 0 Å². The Morgan fingerprint density at radius 2 is 1.50 bits per heavy atom. The summed E-state index contributed by atoms with van der Waals surface area (Å²) in [5.41, 5.74) is 10.4. The molecule has 0 aromatic heterocycles. The largest absolute Gasteiger partial charge is 0.480 e. The van der Waals surface area contributed by atoms with Gasteiger partial charge in [-0.3, -0.25) is 9.59 Å². The minimum atomic E-state index is -1.21. The summed E-state index contributed by atoms with van der Waals surface area (Å²) in [6, 6.07) is -2.23. The second-order valence-corrected chi connectivity index (χ2v) is 3.46. The van der Waals surface area contributed by atoms with Gasteiger partial charge in [-0.05, 0) is 12.8 Å². The lowest BCUT2D eigenvalue weighted by Crippen LogP contribution is -2.40. The maximum atomic E-state index is 10.4. The van der Waals surface area contributed by atoms with Crippen LogP contribution >= 0.6 is 36.4 Å². The summed E-state index contributed by atoms with van der Waals surface area (Å²) in [6.45, 7) is 0. The van der Waals surface area contributed by atoms with Crippen LogP contribution in [-0.2, 0) is 9.59 Å². The van der Waals surface area contributed by atoms with E-state index in [9.17, 15) is 9.59 Å². The molecular formula is C7H15Cl3N2O4. The lowest BCUT2D eigenvalue weighted by atomic mass is 10.1. The summed E-state index contributed by atoms with van der Waals surface area (Å²) in [5, 5.41) is 16.1. The summed E-state index contributed by atoms with van der Waals surface area (Å²) in [7, 11) is 0. The van der Waals surface area contributed by atoms with Crippen molar-refractivity contribution < 1.29 is 19.8 Å². The highest BCUT2D eigenvalue weighted by Crippen LogP contribution is 2.10. The average molecular weight is 298 g/mol. The lowest BCUT2D eigenvalue weighted by molar-refractivity contribution is -0.138. The normalized spacial score (nSPS) is 14.9. The van der Waals surface area contributed by atoms with Crippen LogP contribution in [0, 0.1) is 0 Å². The van der Waals surface area contributed by atoms with Crippen LogP contribution in [0.1, 0.15) is 12.8 Å². The molecule has 0 heterocycles. The molecule has 0 saturated heterocycles. The number of hydrogen-bond acceptors (Lipinski definition) is 4. The van der Waals surface area contributed by atoms with Crippen molar-refractivity contribution in [2.45, 2.75) is 30.3 Å². The Kier molecular flexibility index (Phi) is 13.1. The van der Waals surface area contributed by atoms with Crippen LogP contribution in [0.2, 0.25) is 0 Å². The number of halogens is 3. The number of hydrogen-bond donors (Lipinski definition) is 4. The maximum Gasteiger partial charge on any atom is 0.322 e. The van der Waals surface area contributed by atoms with E-state index in [4.69, 9.17) is 33.3 Å². The van der Waals surface area contributed by atoms with Gasteiger partial charge >= 0.3 is 11.9 Å². The van der Waals surface area contributed by atoms with Gasteiger partial charge in [0.05, 0.1) is 5.38 Å². The Morgan fingerprint density at radius 3 is 1.81 bits per heavy atom. The van der Waals surface area contributed by atoms with Gasteiger partial charge in [0.1, 0.15) is 12.1 Å². The molecule has 0 fully saturated rings. The molecule has 16 heavy (non-hydrogen) atoms. The van der Waals surface area contributed by atoms with E-state index in [2.05, 4.69) is 0 Å². The summed E-state index contributed by atoms with van der Waals surface area (Å²) >= 11 is 5.62. The van der Waals surface area contributed by atoms with Gasteiger partial charge in [0.15, 0.2) is 0 Å². The number of nitrogens with two attached hydrogens (primary N) is 2. The van der Waals surface area contributed by atoms with Gasteiger partial charge < -0.3 is 21.7 Å². The molecule has 0 rings (SSSR count). The third-order valence-electron chi connectivity index (χ3n) is 1.75. The first-order valence-corrected chi connectivity index (χ1v) is 4.40. The fourth-order valence-corrected chi connectivity index (χ4v) is 1.03. The summed E-state index contributed by atoms with van der Waals surface area (Å²) < 4.78 is 0. The molecule has 0 aliphatic rings. The van der Waals surface area contributed by atoms with Gasteiger partial charge in [-0.25, -0.2) is 0 Å². The van der Waals surface area contributed by atoms with E-state index in [1.165, 1.54) is 0 Å². The van der Waals surface area contributed by atoms with Crippen molar-refractivity contribution >= 4 is 48.4 Å². The second-order valence-electron chi connectivity index (χ2n) is 2.90. The molecular weight excluding hydrogens is 282 g/mol. The highest BCUT2D eigenvalue weighted by atomic mass is 35.5. The van der Waals surface area contributed by atoms with E-state index in [1.54, 1.807) is 0 Å². The molecule has 0 saturated carbocycles. The number of alkyl halides is 1. The number of carboxylic acid groups (broad SMARTS) is 2. The number of aliphatic carboxylic acids is 2. The zero-order chi connectivity index (χ0) is 11.3. The van der Waals surface area contributed by atoms with Crippen LogP contribution in [0.25, 0.3) is 0 Å². The third kappa shape index (κ3) is 7.95. The van der Waals surface area contributed by atoms with Gasteiger partial charge in [0.2, 0.25) is 0 Å². The molecule has 0 aliphatic carbocycles. The van der Waals surface area contributed by atoms with E-state index in [0.29, 0.717) is 0 Å². The second kappa shape index (κ2) is 9.92. The van der Waals surface area contributed by atoms with E-state index in [1.807, 2.05) is 0 Å². The van der Waals surface area contributed by atoms with Crippen molar-refractivity contribution in [3.8, 4) is 0 Å². The Labute approximate surface area is 110 Å². The first kappa shape index (κ1) is 21.1. The zero-order valence-corrected chi connectivity index (χ0v) is 10.6. The van der Waals surface area contributed by atoms with E-state index in [0.717, 1.165) is 0 Å². The molecule has 0 spiro atoms.